The molecular formula is C10H12O2S. The van der Waals surface area contributed by atoms with Gasteiger partial charge in [-0.1, -0.05) is 18.2 Å². The Morgan fingerprint density at radius 3 is 2.62 bits per heavy atom. The Balaban J connectivity index is 2.46. The molecule has 1 atom stereocenters. The summed E-state index contributed by atoms with van der Waals surface area (Å²) in [6.07, 6.45) is -0.0549. The Hall–Kier alpha value is -0.930. The minimum Gasteiger partial charge on any atom is -0.450 e. The number of aliphatic hydroxyl groups is 1. The summed E-state index contributed by atoms with van der Waals surface area (Å²) in [5.74, 6) is 0.716. The van der Waals surface area contributed by atoms with Crippen molar-refractivity contribution in [1.82, 2.24) is 0 Å². The van der Waals surface area contributed by atoms with Crippen molar-refractivity contribution >= 4 is 17.3 Å². The average Bonchev–Trinajstić information content (AvgIpc) is 2.04. The van der Waals surface area contributed by atoms with Gasteiger partial charge >= 0.3 is 0 Å². The fourth-order valence-electron chi connectivity index (χ4n) is 0.903. The number of aliphatic hydroxyl groups excluding tert-OH is 1. The van der Waals surface area contributed by atoms with E-state index in [4.69, 9.17) is 22.1 Å². The maximum absolute atomic E-state index is 9.03. The highest BCUT2D eigenvalue weighted by Gasteiger charge is 2.03. The Morgan fingerprint density at radius 2 is 2.08 bits per heavy atom. The van der Waals surface area contributed by atoms with Crippen molar-refractivity contribution in [3.63, 3.8) is 0 Å². The topological polar surface area (TPSA) is 29.5 Å². The van der Waals surface area contributed by atoms with E-state index in [1.54, 1.807) is 6.92 Å². The van der Waals surface area contributed by atoms with Crippen molar-refractivity contribution < 1.29 is 9.84 Å². The van der Waals surface area contributed by atoms with Crippen LogP contribution >= 0.6 is 12.2 Å². The summed E-state index contributed by atoms with van der Waals surface area (Å²) in [4.78, 5) is 0. The van der Waals surface area contributed by atoms with E-state index in [0.717, 1.165) is 0 Å². The molecule has 0 aliphatic rings. The van der Waals surface area contributed by atoms with Crippen LogP contribution in [0.2, 0.25) is 0 Å². The van der Waals surface area contributed by atoms with E-state index in [2.05, 4.69) is 0 Å². The van der Waals surface area contributed by atoms with Gasteiger partial charge in [-0.15, -0.1) is 0 Å². The third kappa shape index (κ3) is 4.01. The number of rotatable bonds is 3. The van der Waals surface area contributed by atoms with Crippen LogP contribution in [0.4, 0.5) is 0 Å². The van der Waals surface area contributed by atoms with Crippen LogP contribution in [0.3, 0.4) is 0 Å². The normalized spacial score (nSPS) is 12.2. The second-order valence-electron chi connectivity index (χ2n) is 2.84. The number of para-hydroxylation sites is 1. The fraction of sp³-hybridized carbons (Fsp3) is 0.300. The van der Waals surface area contributed by atoms with Crippen molar-refractivity contribution in [2.75, 3.05) is 0 Å². The van der Waals surface area contributed by atoms with Gasteiger partial charge in [-0.25, -0.2) is 0 Å². The van der Waals surface area contributed by atoms with Crippen molar-refractivity contribution in [3.8, 4) is 5.75 Å². The van der Waals surface area contributed by atoms with Gasteiger partial charge < -0.3 is 9.84 Å². The molecule has 0 saturated carbocycles. The SMILES string of the molecule is C[C@@H](O)CC(=S)Oc1ccccc1. The zero-order valence-corrected chi connectivity index (χ0v) is 8.25. The van der Waals surface area contributed by atoms with E-state index in [1.807, 2.05) is 30.3 Å². The van der Waals surface area contributed by atoms with Gasteiger partial charge in [0.2, 0.25) is 0 Å². The predicted molar refractivity (Wildman–Crippen MR) is 56.0 cm³/mol. The molecule has 1 N–H and O–H groups in total. The first-order valence-corrected chi connectivity index (χ1v) is 4.53. The maximum atomic E-state index is 9.03. The van der Waals surface area contributed by atoms with Crippen LogP contribution in [-0.4, -0.2) is 16.3 Å². The lowest BCUT2D eigenvalue weighted by molar-refractivity contribution is 0.199. The quantitative estimate of drug-likeness (QED) is 0.751. The highest BCUT2D eigenvalue weighted by Crippen LogP contribution is 2.10. The van der Waals surface area contributed by atoms with Crippen molar-refractivity contribution in [2.45, 2.75) is 19.4 Å². The van der Waals surface area contributed by atoms with Gasteiger partial charge in [0, 0.05) is 6.42 Å². The smallest absolute Gasteiger partial charge is 0.169 e. The predicted octanol–water partition coefficient (Wildman–Crippen LogP) is 2.16. The minimum absolute atomic E-state index is 0.393. The summed E-state index contributed by atoms with van der Waals surface area (Å²) in [5.41, 5.74) is 0. The van der Waals surface area contributed by atoms with Crippen LogP contribution in [-0.2, 0) is 0 Å². The van der Waals surface area contributed by atoms with E-state index < -0.39 is 6.10 Å². The van der Waals surface area contributed by atoms with Crippen LogP contribution in [0, 0.1) is 0 Å². The third-order valence-electron chi connectivity index (χ3n) is 1.44. The van der Waals surface area contributed by atoms with Crippen LogP contribution < -0.4 is 4.74 Å². The van der Waals surface area contributed by atoms with Gasteiger partial charge in [-0.05, 0) is 31.3 Å². The Kier molecular flexibility index (Phi) is 3.86. The number of hydrogen-bond donors (Lipinski definition) is 1. The van der Waals surface area contributed by atoms with Gasteiger partial charge in [-0.2, -0.15) is 0 Å². The molecule has 0 amide bonds. The number of thiocarbonyl (C=S) groups is 1. The summed E-state index contributed by atoms with van der Waals surface area (Å²) in [5, 5.41) is 9.45. The van der Waals surface area contributed by atoms with Crippen LogP contribution in [0.1, 0.15) is 13.3 Å². The van der Waals surface area contributed by atoms with E-state index in [0.29, 0.717) is 17.2 Å². The molecule has 0 bridgehead atoms. The first kappa shape index (κ1) is 10.2. The second-order valence-corrected chi connectivity index (χ2v) is 3.30. The molecule has 0 heterocycles. The van der Waals surface area contributed by atoms with E-state index in [1.165, 1.54) is 0 Å². The van der Waals surface area contributed by atoms with Crippen molar-refractivity contribution in [2.24, 2.45) is 0 Å². The molecule has 0 saturated heterocycles. The summed E-state index contributed by atoms with van der Waals surface area (Å²) in [6, 6.07) is 9.31. The number of hydrogen-bond acceptors (Lipinski definition) is 3. The molecule has 70 valence electrons. The zero-order chi connectivity index (χ0) is 9.68. The molecule has 3 heteroatoms. The number of ether oxygens (including phenoxy) is 1. The Bertz CT molecular complexity index is 270. The zero-order valence-electron chi connectivity index (χ0n) is 7.43. The van der Waals surface area contributed by atoms with Gasteiger partial charge in [0.15, 0.2) is 5.05 Å². The van der Waals surface area contributed by atoms with Gasteiger partial charge in [-0.3, -0.25) is 0 Å². The van der Waals surface area contributed by atoms with Gasteiger partial charge in [0.05, 0.1) is 6.10 Å². The van der Waals surface area contributed by atoms with Crippen molar-refractivity contribution in [3.05, 3.63) is 30.3 Å². The molecule has 0 aliphatic heterocycles. The lowest BCUT2D eigenvalue weighted by Gasteiger charge is -2.07. The Morgan fingerprint density at radius 1 is 1.46 bits per heavy atom. The van der Waals surface area contributed by atoms with Gasteiger partial charge in [0.25, 0.3) is 0 Å². The minimum atomic E-state index is -0.448. The molecule has 0 radical (unpaired) electrons. The van der Waals surface area contributed by atoms with E-state index in [-0.39, 0.29) is 0 Å². The van der Waals surface area contributed by atoms with Crippen molar-refractivity contribution in [1.29, 1.82) is 0 Å². The largest absolute Gasteiger partial charge is 0.450 e. The highest BCUT2D eigenvalue weighted by molar-refractivity contribution is 7.80. The lowest BCUT2D eigenvalue weighted by atomic mass is 10.3. The molecule has 1 rings (SSSR count). The molecule has 2 nitrogen and oxygen atoms in total. The average molecular weight is 196 g/mol. The molecule has 0 unspecified atom stereocenters. The van der Waals surface area contributed by atoms with Crippen LogP contribution in [0.15, 0.2) is 30.3 Å². The number of benzene rings is 1. The van der Waals surface area contributed by atoms with Crippen LogP contribution in [0.5, 0.6) is 5.75 Å². The second kappa shape index (κ2) is 4.94. The third-order valence-corrected chi connectivity index (χ3v) is 1.69. The summed E-state index contributed by atoms with van der Waals surface area (Å²) in [7, 11) is 0. The highest BCUT2D eigenvalue weighted by atomic mass is 32.1. The monoisotopic (exact) mass is 196 g/mol. The molecule has 0 aromatic heterocycles. The van der Waals surface area contributed by atoms with E-state index in [9.17, 15) is 0 Å². The fourth-order valence-corrected chi connectivity index (χ4v) is 1.24. The molecular weight excluding hydrogens is 184 g/mol. The maximum Gasteiger partial charge on any atom is 0.169 e. The van der Waals surface area contributed by atoms with E-state index >= 15 is 0 Å². The Labute approximate surface area is 83.2 Å². The summed E-state index contributed by atoms with van der Waals surface area (Å²) >= 11 is 4.93. The first-order chi connectivity index (χ1) is 6.18. The molecule has 0 fully saturated rings. The standard InChI is InChI=1S/C10H12O2S/c1-8(11)7-10(13)12-9-5-3-2-4-6-9/h2-6,8,11H,7H2,1H3/t8-/m1/s1. The van der Waals surface area contributed by atoms with Crippen LogP contribution in [0.25, 0.3) is 0 Å². The molecule has 13 heavy (non-hydrogen) atoms. The summed E-state index contributed by atoms with van der Waals surface area (Å²) < 4.78 is 5.30. The molecule has 0 spiro atoms. The molecule has 0 aliphatic carbocycles. The first-order valence-electron chi connectivity index (χ1n) is 4.12. The summed E-state index contributed by atoms with van der Waals surface area (Å²) in [6.45, 7) is 1.68. The van der Waals surface area contributed by atoms with Gasteiger partial charge in [0.1, 0.15) is 5.75 Å². The molecule has 1 aromatic rings. The lowest BCUT2D eigenvalue weighted by Crippen LogP contribution is -2.12. The molecule has 1 aromatic carbocycles.